The lowest BCUT2D eigenvalue weighted by molar-refractivity contribution is 0.668. The van der Waals surface area contributed by atoms with E-state index < -0.39 is 0 Å². The molecule has 1 aromatic rings. The first-order valence-corrected chi connectivity index (χ1v) is 4.78. The maximum absolute atomic E-state index is 5.78. The van der Waals surface area contributed by atoms with Gasteiger partial charge in [0.05, 0.1) is 0 Å². The summed E-state index contributed by atoms with van der Waals surface area (Å²) in [5, 5.41) is 3.22. The van der Waals surface area contributed by atoms with Gasteiger partial charge in [0.25, 0.3) is 0 Å². The van der Waals surface area contributed by atoms with Gasteiger partial charge < -0.3 is 15.6 Å². The van der Waals surface area contributed by atoms with Gasteiger partial charge in [0.1, 0.15) is 0 Å². The maximum atomic E-state index is 5.78. The quantitative estimate of drug-likeness (QED) is 0.715. The molecule has 4 nitrogen and oxygen atoms in total. The summed E-state index contributed by atoms with van der Waals surface area (Å²) >= 11 is 0. The Morgan fingerprint density at radius 2 is 2.38 bits per heavy atom. The third-order valence-corrected chi connectivity index (χ3v) is 2.10. The van der Waals surface area contributed by atoms with Crippen molar-refractivity contribution >= 4 is 5.95 Å². The molecule has 0 aliphatic rings. The minimum absolute atomic E-state index is 0.210. The van der Waals surface area contributed by atoms with Crippen LogP contribution in [0.5, 0.6) is 0 Å². The van der Waals surface area contributed by atoms with Crippen molar-refractivity contribution in [2.75, 3.05) is 11.9 Å². The topological polar surface area (TPSA) is 55.9 Å². The largest absolute Gasteiger partial charge is 0.354 e. The van der Waals surface area contributed by atoms with Gasteiger partial charge >= 0.3 is 0 Å². The molecule has 0 amide bonds. The predicted octanol–water partition coefficient (Wildman–Crippen LogP) is 1.05. The number of imidazole rings is 1. The molecule has 3 N–H and O–H groups in total. The van der Waals surface area contributed by atoms with Crippen molar-refractivity contribution in [1.82, 2.24) is 9.55 Å². The van der Waals surface area contributed by atoms with Crippen molar-refractivity contribution in [3.8, 4) is 0 Å². The van der Waals surface area contributed by atoms with E-state index >= 15 is 0 Å². The SMILES string of the molecule is CCC(N)CNc1nccn1CC. The number of anilines is 1. The second-order valence-corrected chi connectivity index (χ2v) is 3.09. The fourth-order valence-corrected chi connectivity index (χ4v) is 1.10. The second-order valence-electron chi connectivity index (χ2n) is 3.09. The van der Waals surface area contributed by atoms with Gasteiger partial charge in [-0.15, -0.1) is 0 Å². The van der Waals surface area contributed by atoms with Gasteiger partial charge in [-0.3, -0.25) is 0 Å². The summed E-state index contributed by atoms with van der Waals surface area (Å²) in [5.74, 6) is 0.909. The molecule has 1 heterocycles. The molecule has 4 heteroatoms. The number of hydrogen-bond acceptors (Lipinski definition) is 3. The van der Waals surface area contributed by atoms with Gasteiger partial charge in [0.2, 0.25) is 5.95 Å². The first-order valence-electron chi connectivity index (χ1n) is 4.78. The molecule has 0 spiro atoms. The zero-order valence-corrected chi connectivity index (χ0v) is 8.33. The monoisotopic (exact) mass is 182 g/mol. The van der Waals surface area contributed by atoms with Crippen LogP contribution in [0.25, 0.3) is 0 Å². The van der Waals surface area contributed by atoms with Crippen molar-refractivity contribution in [2.24, 2.45) is 5.73 Å². The molecule has 0 saturated carbocycles. The Morgan fingerprint density at radius 1 is 1.62 bits per heavy atom. The van der Waals surface area contributed by atoms with E-state index in [-0.39, 0.29) is 6.04 Å². The Labute approximate surface area is 79.1 Å². The van der Waals surface area contributed by atoms with Crippen LogP contribution in [0.1, 0.15) is 20.3 Å². The molecular weight excluding hydrogens is 164 g/mol. The number of aromatic nitrogens is 2. The Balaban J connectivity index is 2.44. The van der Waals surface area contributed by atoms with E-state index in [1.165, 1.54) is 0 Å². The Kier molecular flexibility index (Phi) is 3.76. The zero-order chi connectivity index (χ0) is 9.68. The van der Waals surface area contributed by atoms with Crippen molar-refractivity contribution in [1.29, 1.82) is 0 Å². The van der Waals surface area contributed by atoms with Crippen molar-refractivity contribution in [3.05, 3.63) is 12.4 Å². The smallest absolute Gasteiger partial charge is 0.202 e. The zero-order valence-electron chi connectivity index (χ0n) is 8.33. The normalized spacial score (nSPS) is 12.8. The highest BCUT2D eigenvalue weighted by Gasteiger charge is 2.02. The Morgan fingerprint density at radius 3 is 3.00 bits per heavy atom. The minimum atomic E-state index is 0.210. The van der Waals surface area contributed by atoms with Crippen LogP contribution in [0, 0.1) is 0 Å². The molecule has 1 rings (SSSR count). The third-order valence-electron chi connectivity index (χ3n) is 2.10. The molecule has 0 aromatic carbocycles. The number of aryl methyl sites for hydroxylation is 1. The summed E-state index contributed by atoms with van der Waals surface area (Å²) in [7, 11) is 0. The average Bonchev–Trinajstić information content (AvgIpc) is 2.61. The van der Waals surface area contributed by atoms with E-state index in [0.717, 1.165) is 25.5 Å². The maximum Gasteiger partial charge on any atom is 0.202 e. The number of nitrogens with one attached hydrogen (secondary N) is 1. The number of rotatable bonds is 5. The van der Waals surface area contributed by atoms with Gasteiger partial charge in [-0.05, 0) is 13.3 Å². The molecular formula is C9H18N4. The molecule has 1 atom stereocenters. The number of nitrogens with zero attached hydrogens (tertiary/aromatic N) is 2. The number of nitrogens with two attached hydrogens (primary N) is 1. The highest BCUT2D eigenvalue weighted by atomic mass is 15.2. The van der Waals surface area contributed by atoms with Crippen molar-refractivity contribution in [3.63, 3.8) is 0 Å². The van der Waals surface area contributed by atoms with Crippen LogP contribution in [0.3, 0.4) is 0 Å². The minimum Gasteiger partial charge on any atom is -0.354 e. The molecule has 0 aliphatic heterocycles. The Hall–Kier alpha value is -1.03. The highest BCUT2D eigenvalue weighted by Crippen LogP contribution is 2.03. The number of hydrogen-bond donors (Lipinski definition) is 2. The van der Waals surface area contributed by atoms with Gasteiger partial charge in [0, 0.05) is 31.5 Å². The van der Waals surface area contributed by atoms with E-state index in [4.69, 9.17) is 5.73 Å². The van der Waals surface area contributed by atoms with Crippen LogP contribution in [0.4, 0.5) is 5.95 Å². The molecule has 1 aromatic heterocycles. The standard InChI is InChI=1S/C9H18N4/c1-3-8(10)7-12-9-11-5-6-13(9)4-2/h5-6,8H,3-4,7,10H2,1-2H3,(H,11,12). The molecule has 1 unspecified atom stereocenters. The van der Waals surface area contributed by atoms with Crippen LogP contribution in [0.15, 0.2) is 12.4 Å². The van der Waals surface area contributed by atoms with Crippen LogP contribution < -0.4 is 11.1 Å². The summed E-state index contributed by atoms with van der Waals surface area (Å²) in [4.78, 5) is 4.19. The fourth-order valence-electron chi connectivity index (χ4n) is 1.10. The first kappa shape index (κ1) is 10.1. The average molecular weight is 182 g/mol. The molecule has 0 saturated heterocycles. The molecule has 0 bridgehead atoms. The van der Waals surface area contributed by atoms with Crippen LogP contribution >= 0.6 is 0 Å². The van der Waals surface area contributed by atoms with E-state index in [2.05, 4.69) is 28.7 Å². The van der Waals surface area contributed by atoms with Crippen molar-refractivity contribution in [2.45, 2.75) is 32.9 Å². The van der Waals surface area contributed by atoms with E-state index in [9.17, 15) is 0 Å². The van der Waals surface area contributed by atoms with Crippen LogP contribution in [-0.2, 0) is 6.54 Å². The van der Waals surface area contributed by atoms with E-state index in [0.29, 0.717) is 0 Å². The Bertz CT molecular complexity index is 244. The summed E-state index contributed by atoms with van der Waals surface area (Å²) in [6.07, 6.45) is 4.74. The van der Waals surface area contributed by atoms with Gasteiger partial charge in [-0.1, -0.05) is 6.92 Å². The lowest BCUT2D eigenvalue weighted by Gasteiger charge is -2.11. The predicted molar refractivity (Wildman–Crippen MR) is 54.7 cm³/mol. The molecule has 0 aliphatic carbocycles. The van der Waals surface area contributed by atoms with Gasteiger partial charge in [0.15, 0.2) is 0 Å². The summed E-state index contributed by atoms with van der Waals surface area (Å²) in [5.41, 5.74) is 5.78. The molecule has 0 fully saturated rings. The lowest BCUT2D eigenvalue weighted by Crippen LogP contribution is -2.28. The van der Waals surface area contributed by atoms with E-state index in [1.807, 2.05) is 6.20 Å². The molecule has 0 radical (unpaired) electrons. The van der Waals surface area contributed by atoms with Crippen LogP contribution in [0.2, 0.25) is 0 Å². The molecule has 74 valence electrons. The van der Waals surface area contributed by atoms with Crippen LogP contribution in [-0.4, -0.2) is 22.1 Å². The van der Waals surface area contributed by atoms with Crippen molar-refractivity contribution < 1.29 is 0 Å². The van der Waals surface area contributed by atoms with Gasteiger partial charge in [-0.25, -0.2) is 4.98 Å². The summed E-state index contributed by atoms with van der Waals surface area (Å²) in [6.45, 7) is 5.89. The van der Waals surface area contributed by atoms with E-state index in [1.54, 1.807) is 6.20 Å². The third kappa shape index (κ3) is 2.73. The lowest BCUT2D eigenvalue weighted by atomic mass is 10.2. The highest BCUT2D eigenvalue weighted by molar-refractivity contribution is 5.25. The second kappa shape index (κ2) is 4.87. The summed E-state index contributed by atoms with van der Waals surface area (Å²) in [6, 6.07) is 0.210. The summed E-state index contributed by atoms with van der Waals surface area (Å²) < 4.78 is 2.06. The first-order chi connectivity index (χ1) is 6.27. The fraction of sp³-hybridized carbons (Fsp3) is 0.667. The molecule has 13 heavy (non-hydrogen) atoms. The van der Waals surface area contributed by atoms with Gasteiger partial charge in [-0.2, -0.15) is 0 Å².